The van der Waals surface area contributed by atoms with Gasteiger partial charge in [-0.25, -0.2) is 4.79 Å². The van der Waals surface area contributed by atoms with Crippen LogP contribution in [0, 0.1) is 0 Å². The molecule has 1 aliphatic heterocycles. The predicted octanol–water partition coefficient (Wildman–Crippen LogP) is 5.38. The van der Waals surface area contributed by atoms with Crippen molar-refractivity contribution in [3.8, 4) is 0 Å². The maximum atomic E-state index is 12.7. The van der Waals surface area contributed by atoms with Crippen molar-refractivity contribution in [1.29, 1.82) is 0 Å². The second kappa shape index (κ2) is 9.07. The molecule has 3 nitrogen and oxygen atoms in total. The number of carbonyl (C=O) groups is 1. The van der Waals surface area contributed by atoms with Crippen molar-refractivity contribution in [2.45, 2.75) is 57.4 Å². The summed E-state index contributed by atoms with van der Waals surface area (Å²) < 4.78 is 0. The van der Waals surface area contributed by atoms with E-state index in [1.807, 2.05) is 11.0 Å². The third-order valence-electron chi connectivity index (χ3n) is 5.71. The summed E-state index contributed by atoms with van der Waals surface area (Å²) in [5.41, 5.74) is 2.65. The predicted molar refractivity (Wildman–Crippen MR) is 112 cm³/mol. The molecule has 0 aliphatic carbocycles. The van der Waals surface area contributed by atoms with E-state index in [4.69, 9.17) is 0 Å². The Kier molecular flexibility index (Phi) is 6.54. The first-order chi connectivity index (χ1) is 13.1. The van der Waals surface area contributed by atoms with E-state index in [0.717, 1.165) is 45.2 Å². The summed E-state index contributed by atoms with van der Waals surface area (Å²) >= 11 is 0. The average molecular weight is 365 g/mol. The lowest BCUT2D eigenvalue weighted by molar-refractivity contribution is 0.0924. The molecule has 0 saturated carbocycles. The first kappa shape index (κ1) is 19.5. The number of nitrogens with one attached hydrogen (secondary N) is 1. The van der Waals surface area contributed by atoms with Gasteiger partial charge in [-0.05, 0) is 63.0 Å². The summed E-state index contributed by atoms with van der Waals surface area (Å²) in [6.07, 6.45) is 5.24. The highest BCUT2D eigenvalue weighted by Crippen LogP contribution is 2.37. The molecule has 3 heteroatoms. The number of rotatable bonds is 6. The first-order valence-corrected chi connectivity index (χ1v) is 10.2. The van der Waals surface area contributed by atoms with Crippen molar-refractivity contribution in [2.75, 3.05) is 13.1 Å². The SMILES string of the molecule is CC1(C)CC(c2ccccc2)CCN1C(=O)NCCCCc1ccccc1. The summed E-state index contributed by atoms with van der Waals surface area (Å²) in [4.78, 5) is 14.7. The molecule has 2 aromatic rings. The van der Waals surface area contributed by atoms with Gasteiger partial charge in [0.2, 0.25) is 0 Å². The van der Waals surface area contributed by atoms with Gasteiger partial charge in [0.1, 0.15) is 0 Å². The van der Waals surface area contributed by atoms with Crippen molar-refractivity contribution < 1.29 is 4.79 Å². The number of nitrogens with zero attached hydrogens (tertiary/aromatic N) is 1. The molecular formula is C24H32N2O. The van der Waals surface area contributed by atoms with Crippen LogP contribution < -0.4 is 5.32 Å². The summed E-state index contributed by atoms with van der Waals surface area (Å²) in [5, 5.41) is 3.14. The lowest BCUT2D eigenvalue weighted by Gasteiger charge is -2.45. The standard InChI is InChI=1S/C24H32N2O/c1-24(2)19-22(21-14-7-4-8-15-21)16-18-26(24)23(27)25-17-10-9-13-20-11-5-3-6-12-20/h3-8,11-12,14-15,22H,9-10,13,16-19H2,1-2H3,(H,25,27). The van der Waals surface area contributed by atoms with Gasteiger partial charge in [-0.15, -0.1) is 0 Å². The van der Waals surface area contributed by atoms with Crippen LogP contribution in [0.2, 0.25) is 0 Å². The zero-order chi connectivity index (χ0) is 19.1. The average Bonchev–Trinajstić information content (AvgIpc) is 2.68. The molecular weight excluding hydrogens is 332 g/mol. The van der Waals surface area contributed by atoms with E-state index in [2.05, 4.69) is 73.8 Å². The Balaban J connectivity index is 1.43. The molecule has 1 aliphatic rings. The van der Waals surface area contributed by atoms with Crippen LogP contribution >= 0.6 is 0 Å². The third-order valence-corrected chi connectivity index (χ3v) is 5.71. The maximum Gasteiger partial charge on any atom is 0.317 e. The number of aryl methyl sites for hydroxylation is 1. The third kappa shape index (κ3) is 5.35. The number of piperidine rings is 1. The highest BCUT2D eigenvalue weighted by molar-refractivity contribution is 5.75. The van der Waals surface area contributed by atoms with Gasteiger partial charge >= 0.3 is 6.03 Å². The monoisotopic (exact) mass is 364 g/mol. The fourth-order valence-corrected chi connectivity index (χ4v) is 4.18. The first-order valence-electron chi connectivity index (χ1n) is 10.2. The minimum Gasteiger partial charge on any atom is -0.338 e. The van der Waals surface area contributed by atoms with E-state index >= 15 is 0 Å². The summed E-state index contributed by atoms with van der Waals surface area (Å²) in [6.45, 7) is 5.96. The highest BCUT2D eigenvalue weighted by atomic mass is 16.2. The molecule has 2 amide bonds. The fourth-order valence-electron chi connectivity index (χ4n) is 4.18. The topological polar surface area (TPSA) is 32.3 Å². The van der Waals surface area contributed by atoms with Crippen molar-refractivity contribution in [2.24, 2.45) is 0 Å². The van der Waals surface area contributed by atoms with E-state index in [1.54, 1.807) is 0 Å². The van der Waals surface area contributed by atoms with Crippen LogP contribution in [0.5, 0.6) is 0 Å². The second-order valence-electron chi connectivity index (χ2n) is 8.24. The number of hydrogen-bond donors (Lipinski definition) is 1. The van der Waals surface area contributed by atoms with Crippen LogP contribution in [0.4, 0.5) is 4.79 Å². The molecule has 1 saturated heterocycles. The molecule has 144 valence electrons. The lowest BCUT2D eigenvalue weighted by Crippen LogP contribution is -2.55. The molecule has 1 atom stereocenters. The van der Waals surface area contributed by atoms with Gasteiger partial charge < -0.3 is 10.2 Å². The number of unbranched alkanes of at least 4 members (excludes halogenated alkanes) is 1. The summed E-state index contributed by atoms with van der Waals surface area (Å²) in [7, 11) is 0. The number of hydrogen-bond acceptors (Lipinski definition) is 1. The molecule has 1 heterocycles. The molecule has 3 rings (SSSR count). The van der Waals surface area contributed by atoms with Gasteiger partial charge in [0.05, 0.1) is 0 Å². The lowest BCUT2D eigenvalue weighted by atomic mass is 9.79. The van der Waals surface area contributed by atoms with E-state index in [9.17, 15) is 4.79 Å². The van der Waals surface area contributed by atoms with Gasteiger partial charge in [0.25, 0.3) is 0 Å². The summed E-state index contributed by atoms with van der Waals surface area (Å²) in [5.74, 6) is 0.538. The van der Waals surface area contributed by atoms with Gasteiger partial charge in [-0.2, -0.15) is 0 Å². The normalized spacial score (nSPS) is 18.9. The van der Waals surface area contributed by atoms with Gasteiger partial charge in [0, 0.05) is 18.6 Å². The van der Waals surface area contributed by atoms with Crippen LogP contribution in [0.15, 0.2) is 60.7 Å². The molecule has 1 N–H and O–H groups in total. The molecule has 0 spiro atoms. The van der Waals surface area contributed by atoms with Gasteiger partial charge in [0.15, 0.2) is 0 Å². The fraction of sp³-hybridized carbons (Fsp3) is 0.458. The van der Waals surface area contributed by atoms with Crippen LogP contribution in [0.25, 0.3) is 0 Å². The number of carbonyl (C=O) groups excluding carboxylic acids is 1. The highest BCUT2D eigenvalue weighted by Gasteiger charge is 2.37. The second-order valence-corrected chi connectivity index (χ2v) is 8.24. The molecule has 0 aromatic heterocycles. The number of benzene rings is 2. The zero-order valence-corrected chi connectivity index (χ0v) is 16.7. The summed E-state index contributed by atoms with van der Waals surface area (Å²) in [6, 6.07) is 21.3. The Labute approximate surface area is 163 Å². The van der Waals surface area contributed by atoms with Crippen molar-refractivity contribution in [1.82, 2.24) is 10.2 Å². The largest absolute Gasteiger partial charge is 0.338 e. The molecule has 2 aromatic carbocycles. The molecule has 1 fully saturated rings. The van der Waals surface area contributed by atoms with Crippen molar-refractivity contribution in [3.05, 3.63) is 71.8 Å². The van der Waals surface area contributed by atoms with Crippen LogP contribution in [0.1, 0.15) is 56.6 Å². The number of likely N-dealkylation sites (tertiary alicyclic amines) is 1. The Bertz CT molecular complexity index is 712. The number of urea groups is 1. The zero-order valence-electron chi connectivity index (χ0n) is 16.7. The Morgan fingerprint density at radius 1 is 1.04 bits per heavy atom. The van der Waals surface area contributed by atoms with E-state index < -0.39 is 0 Å². The Hall–Kier alpha value is -2.29. The van der Waals surface area contributed by atoms with Crippen molar-refractivity contribution in [3.63, 3.8) is 0 Å². The Morgan fingerprint density at radius 3 is 2.37 bits per heavy atom. The van der Waals surface area contributed by atoms with Crippen molar-refractivity contribution >= 4 is 6.03 Å². The molecule has 27 heavy (non-hydrogen) atoms. The molecule has 0 radical (unpaired) electrons. The van der Waals surface area contributed by atoms with Crippen LogP contribution in [-0.4, -0.2) is 29.6 Å². The Morgan fingerprint density at radius 2 is 1.70 bits per heavy atom. The molecule has 1 unspecified atom stereocenters. The van der Waals surface area contributed by atoms with E-state index in [-0.39, 0.29) is 11.6 Å². The van der Waals surface area contributed by atoms with E-state index in [0.29, 0.717) is 5.92 Å². The minimum atomic E-state index is -0.118. The number of amides is 2. The van der Waals surface area contributed by atoms with Gasteiger partial charge in [-0.3, -0.25) is 0 Å². The minimum absolute atomic E-state index is 0.0891. The maximum absolute atomic E-state index is 12.7. The molecule has 0 bridgehead atoms. The van der Waals surface area contributed by atoms with Gasteiger partial charge in [-0.1, -0.05) is 60.7 Å². The quantitative estimate of drug-likeness (QED) is 0.686. The van der Waals surface area contributed by atoms with Crippen LogP contribution in [0.3, 0.4) is 0 Å². The van der Waals surface area contributed by atoms with Crippen LogP contribution in [-0.2, 0) is 6.42 Å². The smallest absolute Gasteiger partial charge is 0.317 e. The van der Waals surface area contributed by atoms with E-state index in [1.165, 1.54) is 11.1 Å².